The van der Waals surface area contributed by atoms with Crippen molar-refractivity contribution in [3.63, 3.8) is 0 Å². The predicted octanol–water partition coefficient (Wildman–Crippen LogP) is 5.36. The first-order valence-electron chi connectivity index (χ1n) is 6.34. The van der Waals surface area contributed by atoms with Gasteiger partial charge in [0, 0.05) is 9.89 Å². The molecule has 0 spiro atoms. The van der Waals surface area contributed by atoms with Crippen LogP contribution in [0, 0.1) is 5.41 Å². The number of benzene rings is 1. The Morgan fingerprint density at radius 2 is 2.00 bits per heavy atom. The fourth-order valence-corrected chi connectivity index (χ4v) is 3.61. The van der Waals surface area contributed by atoms with Gasteiger partial charge in [-0.25, -0.2) is 0 Å². The van der Waals surface area contributed by atoms with Crippen molar-refractivity contribution >= 4 is 40.2 Å². The molecule has 0 saturated heterocycles. The highest BCUT2D eigenvalue weighted by Crippen LogP contribution is 2.38. The van der Waals surface area contributed by atoms with Crippen LogP contribution in [-0.4, -0.2) is 12.4 Å². The summed E-state index contributed by atoms with van der Waals surface area (Å²) in [5, 5.41) is 0.662. The maximum atomic E-state index is 6.16. The Morgan fingerprint density at radius 3 is 2.61 bits per heavy atom. The van der Waals surface area contributed by atoms with Crippen LogP contribution in [0.1, 0.15) is 32.1 Å². The highest BCUT2D eigenvalue weighted by Gasteiger charge is 2.31. The monoisotopic (exact) mass is 348 g/mol. The van der Waals surface area contributed by atoms with Crippen LogP contribution in [0.15, 0.2) is 22.7 Å². The van der Waals surface area contributed by atoms with E-state index in [2.05, 4.69) is 28.6 Å². The molecule has 2 rings (SSSR count). The summed E-state index contributed by atoms with van der Waals surface area (Å²) < 4.78 is 6.90. The number of hydrogen-bond donors (Lipinski definition) is 1. The summed E-state index contributed by atoms with van der Waals surface area (Å²) >= 11 is 14.1. The number of rotatable bonds is 4. The SMILES string of the molecule is SCC1(COc2ccc(Br)cc2Cl)CCCCC1. The molecule has 1 aliphatic carbocycles. The van der Waals surface area contributed by atoms with Gasteiger partial charge < -0.3 is 4.74 Å². The zero-order valence-corrected chi connectivity index (χ0v) is 13.5. The predicted molar refractivity (Wildman–Crippen MR) is 84.0 cm³/mol. The first-order chi connectivity index (χ1) is 8.65. The molecule has 0 aliphatic heterocycles. The van der Waals surface area contributed by atoms with Crippen LogP contribution in [0.2, 0.25) is 5.02 Å². The maximum Gasteiger partial charge on any atom is 0.137 e. The van der Waals surface area contributed by atoms with E-state index in [1.807, 2.05) is 18.2 Å². The van der Waals surface area contributed by atoms with Gasteiger partial charge in [0.2, 0.25) is 0 Å². The van der Waals surface area contributed by atoms with Crippen LogP contribution >= 0.6 is 40.2 Å². The first-order valence-corrected chi connectivity index (χ1v) is 8.14. The Hall–Kier alpha value is 0.140. The van der Waals surface area contributed by atoms with E-state index in [9.17, 15) is 0 Å². The van der Waals surface area contributed by atoms with Gasteiger partial charge in [-0.05, 0) is 36.8 Å². The average molecular weight is 350 g/mol. The molecule has 0 heterocycles. The Morgan fingerprint density at radius 1 is 1.28 bits per heavy atom. The Kier molecular flexibility index (Phi) is 5.28. The molecule has 0 unspecified atom stereocenters. The van der Waals surface area contributed by atoms with Crippen LogP contribution in [0.3, 0.4) is 0 Å². The van der Waals surface area contributed by atoms with Crippen molar-refractivity contribution in [2.75, 3.05) is 12.4 Å². The molecule has 1 aromatic carbocycles. The minimum atomic E-state index is 0.234. The van der Waals surface area contributed by atoms with Gasteiger partial charge >= 0.3 is 0 Å². The summed E-state index contributed by atoms with van der Waals surface area (Å²) in [6.07, 6.45) is 6.35. The second-order valence-electron chi connectivity index (χ2n) is 5.08. The van der Waals surface area contributed by atoms with Gasteiger partial charge in [0.15, 0.2) is 0 Å². The van der Waals surface area contributed by atoms with E-state index in [0.717, 1.165) is 22.6 Å². The van der Waals surface area contributed by atoms with Gasteiger partial charge in [0.25, 0.3) is 0 Å². The number of halogens is 2. The first kappa shape index (κ1) is 14.5. The second kappa shape index (κ2) is 6.53. The molecule has 0 aromatic heterocycles. The lowest BCUT2D eigenvalue weighted by molar-refractivity contribution is 0.121. The van der Waals surface area contributed by atoms with E-state index in [1.54, 1.807) is 0 Å². The van der Waals surface area contributed by atoms with E-state index >= 15 is 0 Å². The smallest absolute Gasteiger partial charge is 0.137 e. The van der Waals surface area contributed by atoms with Gasteiger partial charge in [0.1, 0.15) is 5.75 Å². The molecule has 1 nitrogen and oxygen atoms in total. The summed E-state index contributed by atoms with van der Waals surface area (Å²) in [6, 6.07) is 5.74. The lowest BCUT2D eigenvalue weighted by Crippen LogP contribution is -2.33. The van der Waals surface area contributed by atoms with Crippen molar-refractivity contribution < 1.29 is 4.74 Å². The third-order valence-electron chi connectivity index (χ3n) is 3.68. The fourth-order valence-electron chi connectivity index (χ4n) is 2.47. The van der Waals surface area contributed by atoms with Crippen molar-refractivity contribution in [3.05, 3.63) is 27.7 Å². The maximum absolute atomic E-state index is 6.16. The number of ether oxygens (including phenoxy) is 1. The number of thiol groups is 1. The zero-order chi connectivity index (χ0) is 13.0. The van der Waals surface area contributed by atoms with Crippen LogP contribution in [0.4, 0.5) is 0 Å². The normalized spacial score (nSPS) is 18.6. The van der Waals surface area contributed by atoms with Crippen LogP contribution < -0.4 is 4.74 Å². The molecule has 1 aliphatic rings. The molecule has 0 radical (unpaired) electrons. The third kappa shape index (κ3) is 3.58. The van der Waals surface area contributed by atoms with E-state index in [0.29, 0.717) is 5.02 Å². The average Bonchev–Trinajstić information content (AvgIpc) is 2.39. The molecule has 0 N–H and O–H groups in total. The molecular formula is C14H18BrClOS. The second-order valence-corrected chi connectivity index (χ2v) is 6.72. The fraction of sp³-hybridized carbons (Fsp3) is 0.571. The summed E-state index contributed by atoms with van der Waals surface area (Å²) in [5.74, 6) is 1.66. The van der Waals surface area contributed by atoms with Crippen molar-refractivity contribution in [1.82, 2.24) is 0 Å². The van der Waals surface area contributed by atoms with Crippen LogP contribution in [0.5, 0.6) is 5.75 Å². The Bertz CT molecular complexity index is 405. The van der Waals surface area contributed by atoms with E-state index in [1.165, 1.54) is 32.1 Å². The lowest BCUT2D eigenvalue weighted by atomic mass is 9.76. The topological polar surface area (TPSA) is 9.23 Å². The van der Waals surface area contributed by atoms with Crippen molar-refractivity contribution in [3.8, 4) is 5.75 Å². The summed E-state index contributed by atoms with van der Waals surface area (Å²) in [4.78, 5) is 0. The summed E-state index contributed by atoms with van der Waals surface area (Å²) in [7, 11) is 0. The lowest BCUT2D eigenvalue weighted by Gasteiger charge is -2.35. The highest BCUT2D eigenvalue weighted by molar-refractivity contribution is 9.10. The molecule has 0 bridgehead atoms. The highest BCUT2D eigenvalue weighted by atomic mass is 79.9. The van der Waals surface area contributed by atoms with Crippen molar-refractivity contribution in [2.24, 2.45) is 5.41 Å². The van der Waals surface area contributed by atoms with Gasteiger partial charge in [-0.3, -0.25) is 0 Å². The van der Waals surface area contributed by atoms with Crippen LogP contribution in [0.25, 0.3) is 0 Å². The van der Waals surface area contributed by atoms with Crippen LogP contribution in [-0.2, 0) is 0 Å². The Labute approximate surface area is 128 Å². The third-order valence-corrected chi connectivity index (χ3v) is 5.14. The van der Waals surface area contributed by atoms with E-state index < -0.39 is 0 Å². The molecule has 0 atom stereocenters. The molecule has 1 fully saturated rings. The van der Waals surface area contributed by atoms with Gasteiger partial charge in [0.05, 0.1) is 11.6 Å². The van der Waals surface area contributed by atoms with Gasteiger partial charge in [-0.1, -0.05) is 46.8 Å². The number of hydrogen-bond acceptors (Lipinski definition) is 2. The molecule has 0 amide bonds. The molecule has 4 heteroatoms. The van der Waals surface area contributed by atoms with E-state index in [4.69, 9.17) is 16.3 Å². The molecule has 1 saturated carbocycles. The Balaban J connectivity index is 2.01. The van der Waals surface area contributed by atoms with Crippen molar-refractivity contribution in [1.29, 1.82) is 0 Å². The van der Waals surface area contributed by atoms with Crippen molar-refractivity contribution in [2.45, 2.75) is 32.1 Å². The molecule has 1 aromatic rings. The summed E-state index contributed by atoms with van der Waals surface area (Å²) in [6.45, 7) is 0.720. The molecular weight excluding hydrogens is 332 g/mol. The summed E-state index contributed by atoms with van der Waals surface area (Å²) in [5.41, 5.74) is 0.234. The van der Waals surface area contributed by atoms with E-state index in [-0.39, 0.29) is 5.41 Å². The quantitative estimate of drug-likeness (QED) is 0.720. The molecule has 18 heavy (non-hydrogen) atoms. The molecule has 100 valence electrons. The zero-order valence-electron chi connectivity index (χ0n) is 10.3. The minimum Gasteiger partial charge on any atom is -0.491 e. The van der Waals surface area contributed by atoms with Gasteiger partial charge in [-0.15, -0.1) is 0 Å². The minimum absolute atomic E-state index is 0.234. The largest absolute Gasteiger partial charge is 0.491 e. The standard InChI is InChI=1S/C14H18BrClOS/c15-11-4-5-13(12(16)8-11)17-9-14(10-18)6-2-1-3-7-14/h4-5,8,18H,1-3,6-7,9-10H2. The van der Waals surface area contributed by atoms with Gasteiger partial charge in [-0.2, -0.15) is 12.6 Å².